The van der Waals surface area contributed by atoms with E-state index in [2.05, 4.69) is 0 Å². The van der Waals surface area contributed by atoms with Crippen LogP contribution in [0.5, 0.6) is 0 Å². The molecule has 1 atom stereocenters. The molecule has 0 radical (unpaired) electrons. The van der Waals surface area contributed by atoms with Gasteiger partial charge >= 0.3 is 6.18 Å². The zero-order valence-electron chi connectivity index (χ0n) is 10.1. The number of benzene rings is 1. The molecule has 0 N–H and O–H groups in total. The second kappa shape index (κ2) is 5.41. The minimum atomic E-state index is -4.38. The molecular weight excluding hydrogens is 279 g/mol. The summed E-state index contributed by atoms with van der Waals surface area (Å²) in [5.74, 6) is 0.540. The van der Waals surface area contributed by atoms with Crippen molar-refractivity contribution in [2.75, 3.05) is 19.0 Å². The highest BCUT2D eigenvalue weighted by Gasteiger charge is 2.31. The molecule has 1 aromatic rings. The van der Waals surface area contributed by atoms with Crippen LogP contribution in [0.1, 0.15) is 22.3 Å². The van der Waals surface area contributed by atoms with E-state index in [1.807, 2.05) is 0 Å². The predicted octanol–water partition coefficient (Wildman–Crippen LogP) is 3.41. The summed E-state index contributed by atoms with van der Waals surface area (Å²) in [6.45, 7) is 1.18. The van der Waals surface area contributed by atoms with Crippen molar-refractivity contribution in [3.63, 3.8) is 0 Å². The summed E-state index contributed by atoms with van der Waals surface area (Å²) in [6.07, 6.45) is -3.53. The van der Waals surface area contributed by atoms with Crippen molar-refractivity contribution in [2.24, 2.45) is 5.92 Å². The van der Waals surface area contributed by atoms with Crippen LogP contribution in [-0.4, -0.2) is 29.8 Å². The third-order valence-corrected chi connectivity index (χ3v) is 3.69. The predicted molar refractivity (Wildman–Crippen MR) is 66.2 cm³/mol. The topological polar surface area (TPSA) is 20.3 Å². The first-order valence-electron chi connectivity index (χ1n) is 5.94. The molecule has 0 spiro atoms. The summed E-state index contributed by atoms with van der Waals surface area (Å²) >= 11 is 5.73. The van der Waals surface area contributed by atoms with E-state index in [1.54, 1.807) is 4.90 Å². The van der Waals surface area contributed by atoms with Crippen molar-refractivity contribution in [2.45, 2.75) is 12.6 Å². The Balaban J connectivity index is 2.08. The van der Waals surface area contributed by atoms with E-state index >= 15 is 0 Å². The van der Waals surface area contributed by atoms with Crippen molar-refractivity contribution in [1.29, 1.82) is 0 Å². The fourth-order valence-corrected chi connectivity index (χ4v) is 2.38. The van der Waals surface area contributed by atoms with Gasteiger partial charge in [-0.2, -0.15) is 13.2 Å². The number of likely N-dealkylation sites (tertiary alicyclic amines) is 1. The number of hydrogen-bond donors (Lipinski definition) is 0. The van der Waals surface area contributed by atoms with E-state index in [0.717, 1.165) is 18.6 Å². The van der Waals surface area contributed by atoms with Crippen LogP contribution in [0.3, 0.4) is 0 Å². The number of halogens is 4. The van der Waals surface area contributed by atoms with Crippen molar-refractivity contribution >= 4 is 17.5 Å². The number of hydrogen-bond acceptors (Lipinski definition) is 1. The highest BCUT2D eigenvalue weighted by atomic mass is 35.5. The highest BCUT2D eigenvalue weighted by molar-refractivity contribution is 6.18. The molecule has 0 aromatic heterocycles. The van der Waals surface area contributed by atoms with E-state index in [0.29, 0.717) is 19.0 Å². The maximum atomic E-state index is 12.4. The van der Waals surface area contributed by atoms with Gasteiger partial charge in [-0.1, -0.05) is 0 Å². The van der Waals surface area contributed by atoms with Crippen molar-refractivity contribution in [1.82, 2.24) is 4.90 Å². The third kappa shape index (κ3) is 3.21. The minimum Gasteiger partial charge on any atom is -0.338 e. The van der Waals surface area contributed by atoms with E-state index < -0.39 is 11.7 Å². The Hall–Kier alpha value is -1.23. The molecule has 19 heavy (non-hydrogen) atoms. The number of nitrogens with zero attached hydrogens (tertiary/aromatic N) is 1. The highest BCUT2D eigenvalue weighted by Crippen LogP contribution is 2.29. The Kier molecular flexibility index (Phi) is 4.04. The monoisotopic (exact) mass is 291 g/mol. The summed E-state index contributed by atoms with van der Waals surface area (Å²) in [6, 6.07) is 4.31. The first kappa shape index (κ1) is 14.2. The van der Waals surface area contributed by atoms with E-state index in [4.69, 9.17) is 11.6 Å². The molecule has 104 valence electrons. The fourth-order valence-electron chi connectivity index (χ4n) is 2.13. The zero-order chi connectivity index (χ0) is 14.0. The SMILES string of the molecule is O=C(c1ccc(C(F)(F)F)cc1)N1CCC(CCl)C1. The van der Waals surface area contributed by atoms with Gasteiger partial charge in [0.05, 0.1) is 5.56 Å². The Morgan fingerprint density at radius 3 is 2.42 bits per heavy atom. The Morgan fingerprint density at radius 1 is 1.32 bits per heavy atom. The van der Waals surface area contributed by atoms with Gasteiger partial charge in [0.25, 0.3) is 5.91 Å². The summed E-state index contributed by atoms with van der Waals surface area (Å²) in [4.78, 5) is 13.7. The Labute approximate surface area is 114 Å². The van der Waals surface area contributed by atoms with Gasteiger partial charge in [-0.3, -0.25) is 4.79 Å². The molecule has 1 saturated heterocycles. The third-order valence-electron chi connectivity index (χ3n) is 3.25. The van der Waals surface area contributed by atoms with Gasteiger partial charge in [0.1, 0.15) is 0 Å². The first-order valence-corrected chi connectivity index (χ1v) is 6.48. The summed E-state index contributed by atoms with van der Waals surface area (Å²) in [5.41, 5.74) is -0.465. The lowest BCUT2D eigenvalue weighted by Crippen LogP contribution is -2.28. The second-order valence-electron chi connectivity index (χ2n) is 4.64. The van der Waals surface area contributed by atoms with Crippen LogP contribution in [-0.2, 0) is 6.18 Å². The molecule has 1 heterocycles. The first-order chi connectivity index (χ1) is 8.91. The maximum absolute atomic E-state index is 12.4. The van der Waals surface area contributed by atoms with Gasteiger partial charge in [0.15, 0.2) is 0 Å². The summed E-state index contributed by atoms with van der Waals surface area (Å²) < 4.78 is 37.2. The van der Waals surface area contributed by atoms with Crippen LogP contribution >= 0.6 is 11.6 Å². The van der Waals surface area contributed by atoms with Gasteiger partial charge in [0, 0.05) is 24.5 Å². The average molecular weight is 292 g/mol. The zero-order valence-corrected chi connectivity index (χ0v) is 10.8. The quantitative estimate of drug-likeness (QED) is 0.765. The number of amides is 1. The van der Waals surface area contributed by atoms with Gasteiger partial charge < -0.3 is 4.90 Å². The molecule has 1 aliphatic heterocycles. The molecule has 1 fully saturated rings. The standard InChI is InChI=1S/C13H13ClF3NO/c14-7-9-5-6-18(8-9)12(19)10-1-3-11(4-2-10)13(15,16)17/h1-4,9H,5-8H2. The van der Waals surface area contributed by atoms with Crippen molar-refractivity contribution in [3.05, 3.63) is 35.4 Å². The number of carbonyl (C=O) groups is 1. The molecule has 2 rings (SSSR count). The van der Waals surface area contributed by atoms with Crippen molar-refractivity contribution < 1.29 is 18.0 Å². The van der Waals surface area contributed by atoms with E-state index in [1.165, 1.54) is 12.1 Å². The van der Waals surface area contributed by atoms with Crippen LogP contribution in [0, 0.1) is 5.92 Å². The molecule has 1 amide bonds. The van der Waals surface area contributed by atoms with Gasteiger partial charge in [0.2, 0.25) is 0 Å². The molecule has 1 aliphatic rings. The second-order valence-corrected chi connectivity index (χ2v) is 4.94. The normalized spacial score (nSPS) is 19.8. The largest absolute Gasteiger partial charge is 0.416 e. The summed E-state index contributed by atoms with van der Waals surface area (Å²) in [5, 5.41) is 0. The molecule has 0 aliphatic carbocycles. The lowest BCUT2D eigenvalue weighted by Gasteiger charge is -2.16. The lowest BCUT2D eigenvalue weighted by atomic mass is 10.1. The Morgan fingerprint density at radius 2 is 1.95 bits per heavy atom. The maximum Gasteiger partial charge on any atom is 0.416 e. The van der Waals surface area contributed by atoms with E-state index in [-0.39, 0.29) is 17.4 Å². The van der Waals surface area contributed by atoms with Crippen LogP contribution in [0.25, 0.3) is 0 Å². The number of rotatable bonds is 2. The fraction of sp³-hybridized carbons (Fsp3) is 0.462. The lowest BCUT2D eigenvalue weighted by molar-refractivity contribution is -0.137. The molecular formula is C13H13ClF3NO. The van der Waals surface area contributed by atoms with Gasteiger partial charge in [-0.25, -0.2) is 0 Å². The molecule has 1 unspecified atom stereocenters. The van der Waals surface area contributed by atoms with Crippen LogP contribution in [0.15, 0.2) is 24.3 Å². The van der Waals surface area contributed by atoms with Gasteiger partial charge in [-0.05, 0) is 36.6 Å². The summed E-state index contributed by atoms with van der Waals surface area (Å²) in [7, 11) is 0. The van der Waals surface area contributed by atoms with Gasteiger partial charge in [-0.15, -0.1) is 11.6 Å². The smallest absolute Gasteiger partial charge is 0.338 e. The molecule has 6 heteroatoms. The van der Waals surface area contributed by atoms with Crippen molar-refractivity contribution in [3.8, 4) is 0 Å². The van der Waals surface area contributed by atoms with Crippen LogP contribution in [0.4, 0.5) is 13.2 Å². The minimum absolute atomic E-state index is 0.235. The van der Waals surface area contributed by atoms with E-state index in [9.17, 15) is 18.0 Å². The van der Waals surface area contributed by atoms with Crippen LogP contribution in [0.2, 0.25) is 0 Å². The molecule has 1 aromatic carbocycles. The number of alkyl halides is 4. The molecule has 0 bridgehead atoms. The molecule has 2 nitrogen and oxygen atoms in total. The van der Waals surface area contributed by atoms with Crippen LogP contribution < -0.4 is 0 Å². The Bertz CT molecular complexity index is 458. The average Bonchev–Trinajstić information content (AvgIpc) is 2.86. The molecule has 0 saturated carbocycles. The number of carbonyl (C=O) groups excluding carboxylic acids is 1.